The molecule has 1 aliphatic rings. The van der Waals surface area contributed by atoms with Crippen LogP contribution in [0.2, 0.25) is 0 Å². The van der Waals surface area contributed by atoms with Gasteiger partial charge in [-0.1, -0.05) is 12.1 Å². The van der Waals surface area contributed by atoms with Gasteiger partial charge in [0.1, 0.15) is 5.75 Å². The molecule has 0 aliphatic carbocycles. The number of amides is 1. The van der Waals surface area contributed by atoms with Crippen molar-refractivity contribution in [2.75, 3.05) is 27.2 Å². The van der Waals surface area contributed by atoms with E-state index in [1.165, 1.54) is 30.0 Å². The van der Waals surface area contributed by atoms with Gasteiger partial charge in [-0.25, -0.2) is 8.42 Å². The Hall–Kier alpha value is -2.38. The first-order chi connectivity index (χ1) is 13.4. The second-order valence-electron chi connectivity index (χ2n) is 6.99. The van der Waals surface area contributed by atoms with Gasteiger partial charge in [0.05, 0.1) is 12.0 Å². The fourth-order valence-corrected chi connectivity index (χ4v) is 4.46. The third-order valence-electron chi connectivity index (χ3n) is 5.02. The second-order valence-corrected chi connectivity index (χ2v) is 9.03. The third-order valence-corrected chi connectivity index (χ3v) is 6.83. The molecule has 0 unspecified atom stereocenters. The fraction of sp³-hybridized carbons (Fsp3) is 0.381. The molecule has 28 heavy (non-hydrogen) atoms. The van der Waals surface area contributed by atoms with Crippen LogP contribution in [-0.2, 0) is 16.6 Å². The number of carbonyl (C=O) groups excluding carboxylic acids is 1. The number of piperidine rings is 1. The van der Waals surface area contributed by atoms with Crippen molar-refractivity contribution in [2.24, 2.45) is 0 Å². The van der Waals surface area contributed by atoms with Crippen LogP contribution >= 0.6 is 0 Å². The van der Waals surface area contributed by atoms with E-state index in [1.807, 2.05) is 17.0 Å². The van der Waals surface area contributed by atoms with Gasteiger partial charge in [-0.05, 0) is 61.2 Å². The predicted octanol–water partition coefficient (Wildman–Crippen LogP) is 3.14. The molecule has 2 aromatic rings. The third kappa shape index (κ3) is 4.54. The number of hydrogen-bond acceptors (Lipinski definition) is 4. The fourth-order valence-electron chi connectivity index (χ4n) is 3.30. The zero-order valence-electron chi connectivity index (χ0n) is 16.3. The number of carbonyl (C=O) groups is 1. The highest BCUT2D eigenvalue weighted by Gasteiger charge is 2.22. The molecule has 0 radical (unpaired) electrons. The number of benzene rings is 2. The maximum Gasteiger partial charge on any atom is 0.253 e. The maximum absolute atomic E-state index is 12.7. The quantitative estimate of drug-likeness (QED) is 0.745. The van der Waals surface area contributed by atoms with Crippen molar-refractivity contribution in [3.05, 3.63) is 59.7 Å². The summed E-state index contributed by atoms with van der Waals surface area (Å²) in [5.41, 5.74) is 1.47. The van der Waals surface area contributed by atoms with Crippen LogP contribution in [0.5, 0.6) is 5.75 Å². The van der Waals surface area contributed by atoms with Gasteiger partial charge < -0.3 is 9.64 Å². The molecule has 0 spiro atoms. The molecular weight excluding hydrogens is 376 g/mol. The summed E-state index contributed by atoms with van der Waals surface area (Å²) in [4.78, 5) is 14.6. The van der Waals surface area contributed by atoms with E-state index in [0.29, 0.717) is 11.3 Å². The minimum Gasteiger partial charge on any atom is -0.497 e. The normalized spacial score (nSPS) is 14.9. The van der Waals surface area contributed by atoms with Crippen LogP contribution in [-0.4, -0.2) is 50.8 Å². The largest absolute Gasteiger partial charge is 0.497 e. The Bertz CT molecular complexity index is 902. The van der Waals surface area contributed by atoms with Gasteiger partial charge in [0.25, 0.3) is 5.91 Å². The summed E-state index contributed by atoms with van der Waals surface area (Å²) in [5.74, 6) is 0.654. The summed E-state index contributed by atoms with van der Waals surface area (Å²) >= 11 is 0. The molecular formula is C21H26N2O4S. The minimum absolute atomic E-state index is 0.0467. The van der Waals surface area contributed by atoms with E-state index >= 15 is 0 Å². The molecule has 1 fully saturated rings. The van der Waals surface area contributed by atoms with Crippen LogP contribution in [0.1, 0.15) is 35.2 Å². The van der Waals surface area contributed by atoms with Crippen LogP contribution in [0, 0.1) is 0 Å². The van der Waals surface area contributed by atoms with Crippen molar-refractivity contribution in [2.45, 2.75) is 30.7 Å². The van der Waals surface area contributed by atoms with Crippen molar-refractivity contribution in [1.82, 2.24) is 9.21 Å². The highest BCUT2D eigenvalue weighted by molar-refractivity contribution is 7.89. The van der Waals surface area contributed by atoms with E-state index in [9.17, 15) is 13.2 Å². The predicted molar refractivity (Wildman–Crippen MR) is 108 cm³/mol. The molecule has 2 aromatic carbocycles. The van der Waals surface area contributed by atoms with Crippen LogP contribution < -0.4 is 4.74 Å². The average Bonchev–Trinajstić information content (AvgIpc) is 2.74. The lowest BCUT2D eigenvalue weighted by Crippen LogP contribution is -2.35. The number of methoxy groups -OCH3 is 1. The van der Waals surface area contributed by atoms with Crippen molar-refractivity contribution in [3.8, 4) is 5.75 Å². The summed E-state index contributed by atoms with van der Waals surface area (Å²) in [7, 11) is -0.518. The maximum atomic E-state index is 12.7. The van der Waals surface area contributed by atoms with Crippen molar-refractivity contribution in [1.29, 1.82) is 0 Å². The van der Waals surface area contributed by atoms with Crippen molar-refractivity contribution < 1.29 is 17.9 Å². The Morgan fingerprint density at radius 3 is 2.18 bits per heavy atom. The molecule has 150 valence electrons. The summed E-state index contributed by atoms with van der Waals surface area (Å²) in [6.45, 7) is 1.85. The van der Waals surface area contributed by atoms with Crippen LogP contribution in [0.25, 0.3) is 0 Å². The number of hydrogen-bond donors (Lipinski definition) is 0. The summed E-state index contributed by atoms with van der Waals surface area (Å²) < 4.78 is 31.9. The van der Waals surface area contributed by atoms with E-state index in [0.717, 1.165) is 31.5 Å². The zero-order chi connectivity index (χ0) is 20.1. The Labute approximate surface area is 166 Å². The van der Waals surface area contributed by atoms with E-state index < -0.39 is 10.0 Å². The number of rotatable bonds is 6. The molecule has 1 amide bonds. The van der Waals surface area contributed by atoms with E-state index in [-0.39, 0.29) is 17.3 Å². The van der Waals surface area contributed by atoms with Gasteiger partial charge >= 0.3 is 0 Å². The van der Waals surface area contributed by atoms with Gasteiger partial charge in [-0.3, -0.25) is 4.79 Å². The van der Waals surface area contributed by atoms with Crippen LogP contribution in [0.15, 0.2) is 53.4 Å². The Kier molecular flexibility index (Phi) is 6.36. The molecule has 0 atom stereocenters. The first-order valence-corrected chi connectivity index (χ1v) is 10.8. The summed E-state index contributed by atoms with van der Waals surface area (Å²) in [6.07, 6.45) is 3.29. The SMILES string of the molecule is COc1ccc(S(=O)(=O)N(C)Cc2ccc(C(=O)N3CCCCC3)cc2)cc1. The van der Waals surface area contributed by atoms with Crippen molar-refractivity contribution >= 4 is 15.9 Å². The Morgan fingerprint density at radius 2 is 1.61 bits per heavy atom. The molecule has 0 N–H and O–H groups in total. The Balaban J connectivity index is 1.67. The Morgan fingerprint density at radius 1 is 1.00 bits per heavy atom. The van der Waals surface area contributed by atoms with Gasteiger partial charge in [-0.2, -0.15) is 4.31 Å². The molecule has 0 saturated carbocycles. The first kappa shape index (κ1) is 20.4. The second kappa shape index (κ2) is 8.75. The topological polar surface area (TPSA) is 66.9 Å². The average molecular weight is 403 g/mol. The lowest BCUT2D eigenvalue weighted by molar-refractivity contribution is 0.0724. The summed E-state index contributed by atoms with van der Waals surface area (Å²) in [6, 6.07) is 13.5. The molecule has 0 bridgehead atoms. The van der Waals surface area contributed by atoms with Crippen molar-refractivity contribution in [3.63, 3.8) is 0 Å². The lowest BCUT2D eigenvalue weighted by Gasteiger charge is -2.26. The van der Waals surface area contributed by atoms with Gasteiger partial charge in [0.2, 0.25) is 10.0 Å². The highest BCUT2D eigenvalue weighted by Crippen LogP contribution is 2.20. The number of sulfonamides is 1. The standard InChI is InChI=1S/C21H26N2O4S/c1-22(28(25,26)20-12-10-19(27-2)11-13-20)16-17-6-8-18(9-7-17)21(24)23-14-4-3-5-15-23/h6-13H,3-5,14-16H2,1-2H3. The molecule has 1 heterocycles. The number of ether oxygens (including phenoxy) is 1. The molecule has 6 nitrogen and oxygen atoms in total. The zero-order valence-corrected chi connectivity index (χ0v) is 17.1. The van der Waals surface area contributed by atoms with E-state index in [4.69, 9.17) is 4.74 Å². The summed E-state index contributed by atoms with van der Waals surface area (Å²) in [5, 5.41) is 0. The van der Waals surface area contributed by atoms with E-state index in [1.54, 1.807) is 31.3 Å². The van der Waals surface area contributed by atoms with E-state index in [2.05, 4.69) is 0 Å². The number of nitrogens with zero attached hydrogens (tertiary/aromatic N) is 2. The monoisotopic (exact) mass is 402 g/mol. The number of likely N-dealkylation sites (tertiary alicyclic amines) is 1. The van der Waals surface area contributed by atoms with Gasteiger partial charge in [0.15, 0.2) is 0 Å². The van der Waals surface area contributed by atoms with Crippen LogP contribution in [0.4, 0.5) is 0 Å². The molecule has 3 rings (SSSR count). The van der Waals surface area contributed by atoms with Gasteiger partial charge in [0, 0.05) is 32.2 Å². The minimum atomic E-state index is -3.60. The first-order valence-electron chi connectivity index (χ1n) is 9.40. The highest BCUT2D eigenvalue weighted by atomic mass is 32.2. The van der Waals surface area contributed by atoms with Crippen LogP contribution in [0.3, 0.4) is 0 Å². The molecule has 0 aromatic heterocycles. The molecule has 1 saturated heterocycles. The smallest absolute Gasteiger partial charge is 0.253 e. The molecule has 7 heteroatoms. The molecule has 1 aliphatic heterocycles. The van der Waals surface area contributed by atoms with Gasteiger partial charge in [-0.15, -0.1) is 0 Å². The lowest BCUT2D eigenvalue weighted by atomic mass is 10.1.